The molecule has 1 aromatic carbocycles. The minimum atomic E-state index is 0.737. The summed E-state index contributed by atoms with van der Waals surface area (Å²) in [5.41, 5.74) is 2.17. The Kier molecular flexibility index (Phi) is 3.20. The smallest absolute Gasteiger partial charge is 0.121 e. The molecule has 3 rings (SSSR count). The van der Waals surface area contributed by atoms with E-state index in [1.54, 1.807) is 11.3 Å². The predicted molar refractivity (Wildman–Crippen MR) is 79.9 cm³/mol. The van der Waals surface area contributed by atoms with Gasteiger partial charge in [-0.25, -0.2) is 4.98 Å². The van der Waals surface area contributed by atoms with Crippen LogP contribution in [-0.4, -0.2) is 17.0 Å². The zero-order valence-electron chi connectivity index (χ0n) is 9.83. The van der Waals surface area contributed by atoms with Crippen LogP contribution in [0.3, 0.4) is 0 Å². The van der Waals surface area contributed by atoms with Crippen LogP contribution in [0.25, 0.3) is 21.3 Å². The fourth-order valence-electron chi connectivity index (χ4n) is 1.99. The number of hydrogen-bond donors (Lipinski definition) is 2. The molecule has 0 saturated heterocycles. The van der Waals surface area contributed by atoms with Crippen LogP contribution in [0.5, 0.6) is 0 Å². The van der Waals surface area contributed by atoms with Gasteiger partial charge < -0.3 is 10.3 Å². The number of benzene rings is 1. The third kappa shape index (κ3) is 1.98. The average molecular weight is 322 g/mol. The van der Waals surface area contributed by atoms with Crippen molar-refractivity contribution in [2.24, 2.45) is 0 Å². The number of hydrogen-bond acceptors (Lipinski definition) is 3. The summed E-state index contributed by atoms with van der Waals surface area (Å²) in [6.07, 6.45) is 0. The highest BCUT2D eigenvalue weighted by molar-refractivity contribution is 9.10. The lowest BCUT2D eigenvalue weighted by Gasteiger charge is -1.95. The topological polar surface area (TPSA) is 40.7 Å². The van der Waals surface area contributed by atoms with Gasteiger partial charge >= 0.3 is 0 Å². The van der Waals surface area contributed by atoms with Crippen molar-refractivity contribution in [3.8, 4) is 11.3 Å². The van der Waals surface area contributed by atoms with Crippen molar-refractivity contribution in [2.45, 2.75) is 6.54 Å². The van der Waals surface area contributed by atoms with Crippen molar-refractivity contribution in [2.75, 3.05) is 7.05 Å². The number of aromatic amines is 1. The zero-order chi connectivity index (χ0) is 12.5. The molecule has 0 saturated carbocycles. The summed E-state index contributed by atoms with van der Waals surface area (Å²) >= 11 is 5.30. The van der Waals surface area contributed by atoms with E-state index in [0.29, 0.717) is 0 Å². The Bertz CT molecular complexity index is 686. The van der Waals surface area contributed by atoms with Crippen LogP contribution in [0, 0.1) is 0 Å². The third-order valence-electron chi connectivity index (χ3n) is 2.79. The van der Waals surface area contributed by atoms with E-state index in [0.717, 1.165) is 22.7 Å². The maximum absolute atomic E-state index is 4.63. The van der Waals surface area contributed by atoms with Crippen LogP contribution in [0.2, 0.25) is 0 Å². The van der Waals surface area contributed by atoms with Crippen molar-refractivity contribution >= 4 is 37.4 Å². The highest BCUT2D eigenvalue weighted by Crippen LogP contribution is 2.36. The van der Waals surface area contributed by atoms with E-state index >= 15 is 0 Å². The molecule has 0 amide bonds. The molecule has 3 aromatic rings. The van der Waals surface area contributed by atoms with Crippen molar-refractivity contribution in [3.05, 3.63) is 40.1 Å². The highest BCUT2D eigenvalue weighted by Gasteiger charge is 2.13. The van der Waals surface area contributed by atoms with Crippen LogP contribution in [0.4, 0.5) is 0 Å². The first kappa shape index (κ1) is 11.9. The van der Waals surface area contributed by atoms with Crippen molar-refractivity contribution in [3.63, 3.8) is 0 Å². The molecule has 92 valence electrons. The summed E-state index contributed by atoms with van der Waals surface area (Å²) in [7, 11) is 1.91. The molecule has 18 heavy (non-hydrogen) atoms. The Morgan fingerprint density at radius 1 is 1.39 bits per heavy atom. The lowest BCUT2D eigenvalue weighted by atomic mass is 10.1. The maximum atomic E-state index is 4.63. The molecule has 0 atom stereocenters. The number of aromatic nitrogens is 2. The molecule has 0 unspecified atom stereocenters. The van der Waals surface area contributed by atoms with Gasteiger partial charge in [-0.15, -0.1) is 11.3 Å². The molecule has 2 aromatic heterocycles. The Balaban J connectivity index is 2.14. The second-order valence-corrected chi connectivity index (χ2v) is 5.73. The summed E-state index contributed by atoms with van der Waals surface area (Å²) in [6.45, 7) is 0.737. The molecule has 0 bridgehead atoms. The van der Waals surface area contributed by atoms with Crippen LogP contribution in [0.1, 0.15) is 5.82 Å². The normalized spacial score (nSPS) is 11.2. The quantitative estimate of drug-likeness (QED) is 0.770. The van der Waals surface area contributed by atoms with Crippen LogP contribution in [0.15, 0.2) is 34.2 Å². The number of imidazole rings is 1. The summed E-state index contributed by atoms with van der Waals surface area (Å²) in [6, 6.07) is 8.40. The molecule has 2 N–H and O–H groups in total. The summed E-state index contributed by atoms with van der Waals surface area (Å²) < 4.78 is 2.23. The minimum Gasteiger partial charge on any atom is -0.335 e. The standard InChI is InChI=1S/C13H12BrN3S/c1-15-6-11-16-12(13(14)17-11)9-7-18-10-5-3-2-4-8(9)10/h2-5,7,15H,6H2,1H3,(H,16,17). The number of nitrogens with zero attached hydrogens (tertiary/aromatic N) is 1. The van der Waals surface area contributed by atoms with E-state index < -0.39 is 0 Å². The number of H-pyrrole nitrogens is 1. The van der Waals surface area contributed by atoms with E-state index in [1.807, 2.05) is 7.05 Å². The fourth-order valence-corrected chi connectivity index (χ4v) is 3.47. The summed E-state index contributed by atoms with van der Waals surface area (Å²) in [5, 5.41) is 6.51. The van der Waals surface area contributed by atoms with Crippen LogP contribution >= 0.6 is 27.3 Å². The molecule has 0 fully saturated rings. The van der Waals surface area contributed by atoms with Crippen LogP contribution in [-0.2, 0) is 6.54 Å². The number of fused-ring (bicyclic) bond motifs is 1. The van der Waals surface area contributed by atoms with Gasteiger partial charge in [0.1, 0.15) is 16.1 Å². The molecule has 0 spiro atoms. The Hall–Kier alpha value is -1.17. The van der Waals surface area contributed by atoms with E-state index in [2.05, 4.69) is 60.9 Å². The lowest BCUT2D eigenvalue weighted by Crippen LogP contribution is -2.06. The van der Waals surface area contributed by atoms with Crippen molar-refractivity contribution in [1.29, 1.82) is 0 Å². The third-order valence-corrected chi connectivity index (χ3v) is 4.33. The first-order chi connectivity index (χ1) is 8.79. The van der Waals surface area contributed by atoms with E-state index in [1.165, 1.54) is 15.6 Å². The molecular formula is C13H12BrN3S. The van der Waals surface area contributed by atoms with Gasteiger partial charge in [0.2, 0.25) is 0 Å². The first-order valence-corrected chi connectivity index (χ1v) is 7.32. The number of rotatable bonds is 3. The summed E-state index contributed by atoms with van der Waals surface area (Å²) in [4.78, 5) is 7.88. The lowest BCUT2D eigenvalue weighted by molar-refractivity contribution is 0.771. The van der Waals surface area contributed by atoms with Gasteiger partial charge in [-0.3, -0.25) is 0 Å². The molecule has 0 aliphatic rings. The van der Waals surface area contributed by atoms with Crippen molar-refractivity contribution in [1.82, 2.24) is 15.3 Å². The van der Waals surface area contributed by atoms with E-state index in [9.17, 15) is 0 Å². The average Bonchev–Trinajstić information content (AvgIpc) is 2.93. The van der Waals surface area contributed by atoms with Crippen molar-refractivity contribution < 1.29 is 0 Å². The molecule has 5 heteroatoms. The molecule has 0 radical (unpaired) electrons. The Morgan fingerprint density at radius 3 is 3.06 bits per heavy atom. The van der Waals surface area contributed by atoms with E-state index in [-0.39, 0.29) is 0 Å². The van der Waals surface area contributed by atoms with Gasteiger partial charge in [0, 0.05) is 21.0 Å². The highest BCUT2D eigenvalue weighted by atomic mass is 79.9. The van der Waals surface area contributed by atoms with Gasteiger partial charge in [-0.2, -0.15) is 0 Å². The molecule has 3 nitrogen and oxygen atoms in total. The van der Waals surface area contributed by atoms with Gasteiger partial charge in [0.25, 0.3) is 0 Å². The minimum absolute atomic E-state index is 0.737. The number of halogens is 1. The second kappa shape index (κ2) is 4.84. The zero-order valence-corrected chi connectivity index (χ0v) is 12.2. The molecule has 2 heterocycles. The van der Waals surface area contributed by atoms with Gasteiger partial charge in [0.05, 0.1) is 6.54 Å². The number of thiophene rings is 1. The molecule has 0 aliphatic heterocycles. The van der Waals surface area contributed by atoms with Gasteiger partial charge in [-0.05, 0) is 29.0 Å². The fraction of sp³-hybridized carbons (Fsp3) is 0.154. The van der Waals surface area contributed by atoms with Crippen LogP contribution < -0.4 is 5.32 Å². The Labute approximate surface area is 117 Å². The summed E-state index contributed by atoms with van der Waals surface area (Å²) in [5.74, 6) is 0.939. The van der Waals surface area contributed by atoms with Gasteiger partial charge in [-0.1, -0.05) is 18.2 Å². The van der Waals surface area contributed by atoms with E-state index in [4.69, 9.17) is 0 Å². The molecular weight excluding hydrogens is 310 g/mol. The SMILES string of the molecule is CNCc1nc(-c2csc3ccccc23)c(Br)[nH]1. The maximum Gasteiger partial charge on any atom is 0.121 e. The van der Waals surface area contributed by atoms with Gasteiger partial charge in [0.15, 0.2) is 0 Å². The predicted octanol–water partition coefficient (Wildman–Crippen LogP) is 3.77. The Morgan fingerprint density at radius 2 is 2.22 bits per heavy atom. The molecule has 0 aliphatic carbocycles. The number of nitrogens with one attached hydrogen (secondary N) is 2. The monoisotopic (exact) mass is 321 g/mol. The second-order valence-electron chi connectivity index (χ2n) is 4.02. The largest absolute Gasteiger partial charge is 0.335 e. The first-order valence-electron chi connectivity index (χ1n) is 5.65.